The second-order valence-corrected chi connectivity index (χ2v) is 2.59. The number of rotatable bonds is 5. The molecule has 1 N–H and O–H groups in total. The Labute approximate surface area is 85.8 Å². The van der Waals surface area contributed by atoms with Crippen LogP contribution in [-0.2, 0) is 4.79 Å². The Hall–Kier alpha value is 0.288. The van der Waals surface area contributed by atoms with Gasteiger partial charge in [0.2, 0.25) is 0 Å². The van der Waals surface area contributed by atoms with Crippen LogP contribution in [0.3, 0.4) is 0 Å². The minimum Gasteiger partial charge on any atom is -0.481 e. The van der Waals surface area contributed by atoms with Crippen LogP contribution >= 0.6 is 0 Å². The number of carboxylic acids is 1. The Morgan fingerprint density at radius 1 is 1.45 bits per heavy atom. The van der Waals surface area contributed by atoms with Crippen molar-refractivity contribution in [3.8, 4) is 0 Å². The first-order valence-electron chi connectivity index (χ1n) is 3.95. The zero-order valence-electron chi connectivity index (χ0n) is 7.21. The summed E-state index contributed by atoms with van der Waals surface area (Å²) in [5, 5.41) is 8.60. The van der Waals surface area contributed by atoms with E-state index >= 15 is 0 Å². The van der Waals surface area contributed by atoms with Crippen molar-refractivity contribution in [3.63, 3.8) is 0 Å². The van der Waals surface area contributed by atoms with Crippen molar-refractivity contribution in [3.05, 3.63) is 0 Å². The molecular formula is C8H16O2Sb. The average molecular weight is 266 g/mol. The molecule has 0 heterocycles. The van der Waals surface area contributed by atoms with Crippen molar-refractivity contribution >= 4 is 30.4 Å². The molecule has 0 aliphatic rings. The maximum atomic E-state index is 10.4. The molecule has 0 aliphatic heterocycles. The topological polar surface area (TPSA) is 37.3 Å². The van der Waals surface area contributed by atoms with Gasteiger partial charge >= 0.3 is 5.97 Å². The van der Waals surface area contributed by atoms with Gasteiger partial charge < -0.3 is 5.11 Å². The van der Waals surface area contributed by atoms with Gasteiger partial charge in [-0.25, -0.2) is 0 Å². The zero-order chi connectivity index (χ0) is 7.98. The molecule has 65 valence electrons. The van der Waals surface area contributed by atoms with Crippen molar-refractivity contribution < 1.29 is 9.90 Å². The minimum atomic E-state index is -0.643. The van der Waals surface area contributed by atoms with Gasteiger partial charge in [0, 0.05) is 24.4 Å². The van der Waals surface area contributed by atoms with E-state index in [2.05, 4.69) is 6.92 Å². The van der Waals surface area contributed by atoms with Crippen LogP contribution in [0.4, 0.5) is 0 Å². The summed E-state index contributed by atoms with van der Waals surface area (Å²) < 4.78 is 0. The van der Waals surface area contributed by atoms with Gasteiger partial charge in [0.1, 0.15) is 0 Å². The predicted molar refractivity (Wildman–Crippen MR) is 46.7 cm³/mol. The number of hydrogen-bond acceptors (Lipinski definition) is 1. The molecule has 1 unspecified atom stereocenters. The minimum absolute atomic E-state index is 0. The fraction of sp³-hybridized carbons (Fsp3) is 0.875. The van der Waals surface area contributed by atoms with E-state index < -0.39 is 5.97 Å². The van der Waals surface area contributed by atoms with Gasteiger partial charge in [-0.1, -0.05) is 26.7 Å². The molecule has 0 bridgehead atoms. The second-order valence-electron chi connectivity index (χ2n) is 2.59. The molecule has 1 atom stereocenters. The SMILES string of the molecule is CCCCC(CC)C(=O)O.[Sb]. The van der Waals surface area contributed by atoms with Gasteiger partial charge in [-0.2, -0.15) is 0 Å². The summed E-state index contributed by atoms with van der Waals surface area (Å²) in [5.74, 6) is -0.754. The molecular weight excluding hydrogens is 250 g/mol. The molecule has 0 amide bonds. The smallest absolute Gasteiger partial charge is 0.306 e. The van der Waals surface area contributed by atoms with Crippen LogP contribution in [0.5, 0.6) is 0 Å². The first kappa shape index (κ1) is 13.8. The van der Waals surface area contributed by atoms with E-state index in [4.69, 9.17) is 5.11 Å². The quantitative estimate of drug-likeness (QED) is 0.772. The van der Waals surface area contributed by atoms with E-state index in [1.165, 1.54) is 0 Å². The molecule has 0 spiro atoms. The van der Waals surface area contributed by atoms with E-state index in [9.17, 15) is 4.79 Å². The van der Waals surface area contributed by atoms with Crippen molar-refractivity contribution in [2.45, 2.75) is 39.5 Å². The standard InChI is InChI=1S/C8H16O2.Sb/c1-3-5-6-7(4-2)8(9)10;/h7H,3-6H2,1-2H3,(H,9,10);. The molecule has 3 radical (unpaired) electrons. The Morgan fingerprint density at radius 3 is 2.27 bits per heavy atom. The van der Waals surface area contributed by atoms with Gasteiger partial charge in [-0.3, -0.25) is 4.79 Å². The molecule has 0 aromatic heterocycles. The monoisotopic (exact) mass is 265 g/mol. The van der Waals surface area contributed by atoms with Gasteiger partial charge in [-0.05, 0) is 12.8 Å². The van der Waals surface area contributed by atoms with Crippen LogP contribution in [0.15, 0.2) is 0 Å². The van der Waals surface area contributed by atoms with Crippen molar-refractivity contribution in [2.24, 2.45) is 5.92 Å². The number of carboxylic acid groups (broad SMARTS) is 1. The first-order valence-corrected chi connectivity index (χ1v) is 3.95. The van der Waals surface area contributed by atoms with Gasteiger partial charge in [0.25, 0.3) is 0 Å². The van der Waals surface area contributed by atoms with E-state index in [-0.39, 0.29) is 30.3 Å². The number of carbonyl (C=O) groups is 1. The third-order valence-electron chi connectivity index (χ3n) is 1.75. The molecule has 0 saturated carbocycles. The summed E-state index contributed by atoms with van der Waals surface area (Å²) in [6.07, 6.45) is 3.71. The molecule has 0 saturated heterocycles. The molecule has 2 nitrogen and oxygen atoms in total. The van der Waals surface area contributed by atoms with Gasteiger partial charge in [-0.15, -0.1) is 0 Å². The van der Waals surface area contributed by atoms with E-state index in [0.29, 0.717) is 0 Å². The van der Waals surface area contributed by atoms with Gasteiger partial charge in [0.05, 0.1) is 5.92 Å². The molecule has 0 aromatic carbocycles. The van der Waals surface area contributed by atoms with Crippen LogP contribution in [0, 0.1) is 5.92 Å². The molecule has 11 heavy (non-hydrogen) atoms. The Morgan fingerprint density at radius 2 is 2.00 bits per heavy atom. The summed E-state index contributed by atoms with van der Waals surface area (Å²) in [5.41, 5.74) is 0. The van der Waals surface area contributed by atoms with E-state index in [0.717, 1.165) is 25.7 Å². The number of hydrogen-bond donors (Lipinski definition) is 1. The van der Waals surface area contributed by atoms with Crippen LogP contribution in [0.25, 0.3) is 0 Å². The molecule has 0 rings (SSSR count). The first-order chi connectivity index (χ1) is 4.72. The maximum absolute atomic E-state index is 10.4. The summed E-state index contributed by atoms with van der Waals surface area (Å²) >= 11 is 0. The fourth-order valence-electron chi connectivity index (χ4n) is 0.953. The summed E-state index contributed by atoms with van der Waals surface area (Å²) in [4.78, 5) is 10.4. The van der Waals surface area contributed by atoms with Crippen LogP contribution in [0.2, 0.25) is 0 Å². The largest absolute Gasteiger partial charge is 0.481 e. The average Bonchev–Trinajstić information content (AvgIpc) is 1.89. The third kappa shape index (κ3) is 6.68. The fourth-order valence-corrected chi connectivity index (χ4v) is 0.953. The number of aliphatic carboxylic acids is 1. The van der Waals surface area contributed by atoms with Crippen LogP contribution < -0.4 is 0 Å². The van der Waals surface area contributed by atoms with E-state index in [1.54, 1.807) is 0 Å². The number of unbranched alkanes of at least 4 members (excludes halogenated alkanes) is 1. The Bertz CT molecular complexity index is 104. The summed E-state index contributed by atoms with van der Waals surface area (Å²) in [6, 6.07) is 0. The summed E-state index contributed by atoms with van der Waals surface area (Å²) in [6.45, 7) is 4.00. The van der Waals surface area contributed by atoms with Crippen molar-refractivity contribution in [1.29, 1.82) is 0 Å². The van der Waals surface area contributed by atoms with Crippen molar-refractivity contribution in [1.82, 2.24) is 0 Å². The second kappa shape index (κ2) is 8.39. The molecule has 0 aliphatic carbocycles. The van der Waals surface area contributed by atoms with E-state index in [1.807, 2.05) is 6.92 Å². The normalized spacial score (nSPS) is 11.8. The van der Waals surface area contributed by atoms with Crippen LogP contribution in [-0.4, -0.2) is 35.5 Å². The molecule has 3 heteroatoms. The maximum Gasteiger partial charge on any atom is 0.306 e. The zero-order valence-corrected chi connectivity index (χ0v) is 9.76. The van der Waals surface area contributed by atoms with Crippen LogP contribution in [0.1, 0.15) is 39.5 Å². The predicted octanol–water partition coefficient (Wildman–Crippen LogP) is 1.91. The van der Waals surface area contributed by atoms with Gasteiger partial charge in [0.15, 0.2) is 0 Å². The molecule has 0 fully saturated rings. The van der Waals surface area contributed by atoms with Crippen molar-refractivity contribution in [2.75, 3.05) is 0 Å². The Balaban J connectivity index is 0. The summed E-state index contributed by atoms with van der Waals surface area (Å²) in [7, 11) is 0. The Kier molecular flexibility index (Phi) is 10.6. The third-order valence-corrected chi connectivity index (χ3v) is 1.75. The molecule has 0 aromatic rings.